The van der Waals surface area contributed by atoms with Crippen molar-refractivity contribution in [3.05, 3.63) is 12.7 Å². The van der Waals surface area contributed by atoms with Crippen LogP contribution >= 0.6 is 0 Å². The van der Waals surface area contributed by atoms with Crippen LogP contribution in [0.1, 0.15) is 0 Å². The maximum absolute atomic E-state index is 11.6. The zero-order chi connectivity index (χ0) is 10.6. The minimum Gasteiger partial charge on any atom is -0.480 e. The summed E-state index contributed by atoms with van der Waals surface area (Å²) in [6.07, 6.45) is 1.53. The van der Waals surface area contributed by atoms with Gasteiger partial charge in [-0.05, 0) is 0 Å². The van der Waals surface area contributed by atoms with Crippen molar-refractivity contribution in [2.75, 3.05) is 26.2 Å². The molecule has 14 heavy (non-hydrogen) atoms. The molecule has 1 amide bonds. The maximum Gasteiger partial charge on any atom is 0.323 e. The average molecular weight is 198 g/mol. The standard InChI is InChI=1S/C9H14N2O3/c1-2-3-11(6-8(12)13)9(14)7-4-10-5-7/h2,7,10H,1,3-6H2,(H,12,13). The quantitative estimate of drug-likeness (QED) is 0.573. The third-order valence-corrected chi connectivity index (χ3v) is 2.12. The molecule has 1 aliphatic heterocycles. The second-order valence-electron chi connectivity index (χ2n) is 3.26. The second-order valence-corrected chi connectivity index (χ2v) is 3.26. The summed E-state index contributed by atoms with van der Waals surface area (Å²) in [6, 6.07) is 0. The van der Waals surface area contributed by atoms with Gasteiger partial charge in [-0.15, -0.1) is 6.58 Å². The van der Waals surface area contributed by atoms with E-state index in [1.54, 1.807) is 0 Å². The van der Waals surface area contributed by atoms with E-state index in [4.69, 9.17) is 5.11 Å². The number of carbonyl (C=O) groups excluding carboxylic acids is 1. The number of aliphatic carboxylic acids is 1. The Morgan fingerprint density at radius 2 is 2.21 bits per heavy atom. The number of rotatable bonds is 5. The first-order valence-electron chi connectivity index (χ1n) is 4.47. The van der Waals surface area contributed by atoms with Gasteiger partial charge in [0.25, 0.3) is 0 Å². The van der Waals surface area contributed by atoms with E-state index in [1.807, 2.05) is 0 Å². The molecule has 0 spiro atoms. The fourth-order valence-corrected chi connectivity index (χ4v) is 1.27. The van der Waals surface area contributed by atoms with E-state index in [1.165, 1.54) is 11.0 Å². The summed E-state index contributed by atoms with van der Waals surface area (Å²) >= 11 is 0. The molecule has 0 aromatic heterocycles. The van der Waals surface area contributed by atoms with E-state index < -0.39 is 5.97 Å². The Kier molecular flexibility index (Phi) is 3.64. The Labute approximate surface area is 82.4 Å². The van der Waals surface area contributed by atoms with E-state index in [2.05, 4.69) is 11.9 Å². The number of nitrogens with one attached hydrogen (secondary N) is 1. The van der Waals surface area contributed by atoms with Crippen molar-refractivity contribution in [3.63, 3.8) is 0 Å². The lowest BCUT2D eigenvalue weighted by Crippen LogP contribution is -2.52. The SMILES string of the molecule is C=CCN(CC(=O)O)C(=O)C1CNC1. The summed E-state index contributed by atoms with van der Waals surface area (Å²) in [5, 5.41) is 11.6. The van der Waals surface area contributed by atoms with Crippen molar-refractivity contribution < 1.29 is 14.7 Å². The summed E-state index contributed by atoms with van der Waals surface area (Å²) in [4.78, 5) is 23.4. The first-order valence-corrected chi connectivity index (χ1v) is 4.47. The van der Waals surface area contributed by atoms with Crippen molar-refractivity contribution in [2.45, 2.75) is 0 Å². The molecule has 0 unspecified atom stereocenters. The molecule has 0 atom stereocenters. The first kappa shape index (κ1) is 10.7. The van der Waals surface area contributed by atoms with Crippen LogP contribution in [-0.2, 0) is 9.59 Å². The van der Waals surface area contributed by atoms with Gasteiger partial charge in [0.15, 0.2) is 0 Å². The largest absolute Gasteiger partial charge is 0.480 e. The number of hydrogen-bond donors (Lipinski definition) is 2. The maximum atomic E-state index is 11.6. The first-order chi connectivity index (χ1) is 6.65. The summed E-state index contributed by atoms with van der Waals surface area (Å²) in [5.74, 6) is -1.16. The van der Waals surface area contributed by atoms with Crippen LogP contribution in [0.3, 0.4) is 0 Å². The number of amides is 1. The highest BCUT2D eigenvalue weighted by Gasteiger charge is 2.29. The molecule has 1 rings (SSSR count). The van der Waals surface area contributed by atoms with Crippen LogP contribution in [-0.4, -0.2) is 48.1 Å². The summed E-state index contributed by atoms with van der Waals surface area (Å²) in [5.41, 5.74) is 0. The molecule has 1 saturated heterocycles. The van der Waals surface area contributed by atoms with Crippen molar-refractivity contribution in [3.8, 4) is 0 Å². The van der Waals surface area contributed by atoms with Crippen LogP contribution in [0.15, 0.2) is 12.7 Å². The molecule has 0 radical (unpaired) electrons. The number of hydrogen-bond acceptors (Lipinski definition) is 3. The molecule has 78 valence electrons. The van der Waals surface area contributed by atoms with E-state index >= 15 is 0 Å². The molecular formula is C9H14N2O3. The van der Waals surface area contributed by atoms with Crippen LogP contribution in [0, 0.1) is 5.92 Å². The van der Waals surface area contributed by atoms with Crippen LogP contribution in [0.4, 0.5) is 0 Å². The van der Waals surface area contributed by atoms with Gasteiger partial charge < -0.3 is 15.3 Å². The summed E-state index contributed by atoms with van der Waals surface area (Å²) < 4.78 is 0. The van der Waals surface area contributed by atoms with E-state index in [-0.39, 0.29) is 18.4 Å². The highest BCUT2D eigenvalue weighted by Crippen LogP contribution is 2.07. The molecule has 0 aromatic rings. The van der Waals surface area contributed by atoms with Gasteiger partial charge in [0, 0.05) is 19.6 Å². The lowest BCUT2D eigenvalue weighted by molar-refractivity contribution is -0.146. The van der Waals surface area contributed by atoms with Crippen LogP contribution in [0.2, 0.25) is 0 Å². The van der Waals surface area contributed by atoms with Crippen LogP contribution < -0.4 is 5.32 Å². The predicted molar refractivity (Wildman–Crippen MR) is 50.8 cm³/mol. The molecule has 5 heteroatoms. The minimum atomic E-state index is -0.993. The number of carbonyl (C=O) groups is 2. The van der Waals surface area contributed by atoms with Gasteiger partial charge in [-0.2, -0.15) is 0 Å². The molecule has 5 nitrogen and oxygen atoms in total. The minimum absolute atomic E-state index is 0.0608. The van der Waals surface area contributed by atoms with Gasteiger partial charge in [-0.25, -0.2) is 0 Å². The van der Waals surface area contributed by atoms with Crippen molar-refractivity contribution in [1.82, 2.24) is 10.2 Å². The molecule has 1 heterocycles. The monoisotopic (exact) mass is 198 g/mol. The summed E-state index contributed by atoms with van der Waals surface area (Å²) in [6.45, 7) is 4.83. The molecule has 1 fully saturated rings. The van der Waals surface area contributed by atoms with E-state index in [9.17, 15) is 9.59 Å². The third-order valence-electron chi connectivity index (χ3n) is 2.12. The fourth-order valence-electron chi connectivity index (χ4n) is 1.27. The molecule has 1 aliphatic rings. The van der Waals surface area contributed by atoms with Gasteiger partial charge in [0.1, 0.15) is 6.54 Å². The molecule has 0 saturated carbocycles. The van der Waals surface area contributed by atoms with Crippen LogP contribution in [0.5, 0.6) is 0 Å². The van der Waals surface area contributed by atoms with Crippen molar-refractivity contribution >= 4 is 11.9 Å². The Bertz CT molecular complexity index is 248. The van der Waals surface area contributed by atoms with Gasteiger partial charge in [0.2, 0.25) is 5.91 Å². The van der Waals surface area contributed by atoms with Gasteiger partial charge in [0.05, 0.1) is 5.92 Å². The Balaban J connectivity index is 2.50. The third kappa shape index (κ3) is 2.56. The lowest BCUT2D eigenvalue weighted by atomic mass is 10.0. The van der Waals surface area contributed by atoms with Gasteiger partial charge in [-0.1, -0.05) is 6.08 Å². The zero-order valence-electron chi connectivity index (χ0n) is 7.90. The number of carboxylic acids is 1. The average Bonchev–Trinajstić information content (AvgIpc) is 1.99. The molecule has 0 aromatic carbocycles. The highest BCUT2D eigenvalue weighted by atomic mass is 16.4. The van der Waals surface area contributed by atoms with Gasteiger partial charge >= 0.3 is 5.97 Å². The lowest BCUT2D eigenvalue weighted by Gasteiger charge is -2.31. The fraction of sp³-hybridized carbons (Fsp3) is 0.556. The molecule has 0 aliphatic carbocycles. The Hall–Kier alpha value is -1.36. The van der Waals surface area contributed by atoms with Gasteiger partial charge in [-0.3, -0.25) is 9.59 Å². The topological polar surface area (TPSA) is 69.6 Å². The Morgan fingerprint density at radius 1 is 1.57 bits per heavy atom. The predicted octanol–water partition coefficient (Wildman–Crippen LogP) is -0.695. The number of nitrogens with zero attached hydrogens (tertiary/aromatic N) is 1. The molecular weight excluding hydrogens is 184 g/mol. The van der Waals surface area contributed by atoms with Crippen molar-refractivity contribution in [1.29, 1.82) is 0 Å². The normalized spacial score (nSPS) is 15.7. The highest BCUT2D eigenvalue weighted by molar-refractivity contribution is 5.84. The Morgan fingerprint density at radius 3 is 2.57 bits per heavy atom. The smallest absolute Gasteiger partial charge is 0.323 e. The molecule has 0 bridgehead atoms. The van der Waals surface area contributed by atoms with E-state index in [0.717, 1.165) is 0 Å². The van der Waals surface area contributed by atoms with E-state index in [0.29, 0.717) is 19.6 Å². The number of carboxylic acid groups (broad SMARTS) is 1. The zero-order valence-corrected chi connectivity index (χ0v) is 7.90. The summed E-state index contributed by atoms with van der Waals surface area (Å²) in [7, 11) is 0. The van der Waals surface area contributed by atoms with Crippen LogP contribution in [0.25, 0.3) is 0 Å². The van der Waals surface area contributed by atoms with Crippen molar-refractivity contribution in [2.24, 2.45) is 5.92 Å². The second kappa shape index (κ2) is 4.76. The molecule has 2 N–H and O–H groups in total.